The number of piperidine rings is 2. The highest BCUT2D eigenvalue weighted by Crippen LogP contribution is 2.89. The van der Waals surface area contributed by atoms with E-state index in [2.05, 4.69) is 21.3 Å². The number of nitrogens with two attached hydrogens (primary N) is 1. The van der Waals surface area contributed by atoms with Crippen molar-refractivity contribution in [2.45, 2.75) is 75.8 Å². The Morgan fingerprint density at radius 1 is 1.00 bits per heavy atom. The van der Waals surface area contributed by atoms with E-state index in [1.807, 2.05) is 0 Å². The van der Waals surface area contributed by atoms with Crippen LogP contribution in [-0.4, -0.2) is 98.1 Å². The Hall–Kier alpha value is -4.15. The molecule has 17 heteroatoms. The van der Waals surface area contributed by atoms with Crippen LogP contribution in [0.3, 0.4) is 0 Å². The van der Waals surface area contributed by atoms with E-state index in [-0.39, 0.29) is 41.9 Å². The molecule has 0 aromatic heterocycles. The van der Waals surface area contributed by atoms with Crippen molar-refractivity contribution in [2.24, 2.45) is 59.0 Å². The second-order valence-electron chi connectivity index (χ2n) is 13.8. The Morgan fingerprint density at radius 3 is 2.24 bits per heavy atom. The molecule has 5 aliphatic carbocycles. The molecule has 46 heavy (non-hydrogen) atoms. The van der Waals surface area contributed by atoms with Crippen LogP contribution >= 0.6 is 0 Å². The standard InChI is InChI=1S/C29H40N6O11/c1-4-9(2)21(24(41)31-10(3)23(40)32-13(22(30)39)5-6-14(37)38)33-26(43)35(8-36)29-18-12-7-11-15-16(12)20(29)19(15)28(17(11)18,25(42)34-29)46-27(44)45/h9-13,15-21,36H,4-8H2,1-3H3,(H2,30,39)(H,31,41)(H,32,40)(H,33,43)(H,34,42)(H,37,38)(H,44,45). The smallest absolute Gasteiger partial charge is 0.481 e. The molecule has 0 radical (unpaired) electrons. The number of carboxylic acids is 1. The van der Waals surface area contributed by atoms with Gasteiger partial charge in [0.2, 0.25) is 23.3 Å². The zero-order chi connectivity index (χ0) is 33.6. The van der Waals surface area contributed by atoms with Gasteiger partial charge in [0.05, 0.1) is 0 Å². The molecule has 2 aliphatic heterocycles. The lowest BCUT2D eigenvalue weighted by atomic mass is 9.50. The number of rotatable bonds is 14. The normalized spacial score (nSPS) is 38.7. The van der Waals surface area contributed by atoms with E-state index in [0.29, 0.717) is 6.42 Å². The van der Waals surface area contributed by atoms with Crippen molar-refractivity contribution < 1.29 is 53.6 Å². The molecule has 14 atom stereocenters. The minimum absolute atomic E-state index is 0.0988. The Labute approximate surface area is 263 Å². The minimum atomic E-state index is -1.53. The highest BCUT2D eigenvalue weighted by atomic mass is 16.7. The summed E-state index contributed by atoms with van der Waals surface area (Å²) in [5, 5.41) is 39.6. The molecular weight excluding hydrogens is 608 g/mol. The fourth-order valence-corrected chi connectivity index (χ4v) is 10.6. The van der Waals surface area contributed by atoms with Gasteiger partial charge in [0.25, 0.3) is 5.91 Å². The van der Waals surface area contributed by atoms with Gasteiger partial charge in [0, 0.05) is 30.1 Å². The number of hydrogen-bond acceptors (Lipinski definition) is 9. The van der Waals surface area contributed by atoms with E-state index >= 15 is 0 Å². The molecule has 0 spiro atoms. The van der Waals surface area contributed by atoms with Gasteiger partial charge in [-0.25, -0.2) is 9.59 Å². The monoisotopic (exact) mass is 648 g/mol. The first-order valence-corrected chi connectivity index (χ1v) is 15.7. The van der Waals surface area contributed by atoms with E-state index in [1.165, 1.54) is 11.8 Å². The van der Waals surface area contributed by atoms with Crippen LogP contribution in [0.2, 0.25) is 0 Å². The van der Waals surface area contributed by atoms with Crippen molar-refractivity contribution in [3.8, 4) is 0 Å². The maximum absolute atomic E-state index is 14.0. The SMILES string of the molecule is CCC(C)C(NC(=O)N(CO)C12NC(=O)C3(OC(=O)O)C4C5CC(C6C5C3C61)C42)C(=O)NC(C)C(=O)NC(CCC(=O)O)C(N)=O. The number of carbonyl (C=O) groups is 7. The van der Waals surface area contributed by atoms with Crippen LogP contribution in [-0.2, 0) is 28.7 Å². The Kier molecular flexibility index (Phi) is 7.40. The lowest BCUT2D eigenvalue weighted by molar-refractivity contribution is -0.236. The van der Waals surface area contributed by atoms with Gasteiger partial charge in [0.15, 0.2) is 0 Å². The van der Waals surface area contributed by atoms with E-state index in [4.69, 9.17) is 15.6 Å². The number of fused-ring (bicyclic) bond motifs is 1. The molecule has 6 amide bonds. The number of hydrogen-bond donors (Lipinski definition) is 8. The number of nitrogens with one attached hydrogen (secondary N) is 4. The zero-order valence-corrected chi connectivity index (χ0v) is 25.6. The van der Waals surface area contributed by atoms with Crippen LogP contribution in [0, 0.1) is 53.3 Å². The third kappa shape index (κ3) is 3.99. The van der Waals surface area contributed by atoms with Gasteiger partial charge >= 0.3 is 18.2 Å². The molecule has 7 rings (SSSR count). The second kappa shape index (κ2) is 10.7. The van der Waals surface area contributed by atoms with Gasteiger partial charge in [-0.2, -0.15) is 0 Å². The van der Waals surface area contributed by atoms with Crippen LogP contribution in [0.15, 0.2) is 0 Å². The summed E-state index contributed by atoms with van der Waals surface area (Å²) in [4.78, 5) is 89.5. The first-order chi connectivity index (χ1) is 21.7. The van der Waals surface area contributed by atoms with Crippen molar-refractivity contribution >= 4 is 41.8 Å². The van der Waals surface area contributed by atoms with Crippen molar-refractivity contribution in [1.29, 1.82) is 0 Å². The van der Waals surface area contributed by atoms with Gasteiger partial charge < -0.3 is 47.1 Å². The summed E-state index contributed by atoms with van der Waals surface area (Å²) >= 11 is 0. The maximum Gasteiger partial charge on any atom is 0.506 e. The third-order valence-corrected chi connectivity index (χ3v) is 12.1. The average molecular weight is 649 g/mol. The fraction of sp³-hybridized carbons (Fsp3) is 0.759. The van der Waals surface area contributed by atoms with Crippen LogP contribution in [0.4, 0.5) is 9.59 Å². The highest BCUT2D eigenvalue weighted by Gasteiger charge is 2.97. The van der Waals surface area contributed by atoms with Crippen molar-refractivity contribution in [3.63, 3.8) is 0 Å². The van der Waals surface area contributed by atoms with E-state index in [1.54, 1.807) is 13.8 Å². The summed E-state index contributed by atoms with van der Waals surface area (Å²) < 4.78 is 5.42. The van der Waals surface area contributed by atoms with Crippen molar-refractivity contribution in [1.82, 2.24) is 26.2 Å². The van der Waals surface area contributed by atoms with Gasteiger partial charge in [-0.05, 0) is 49.4 Å². The topological polar surface area (TPSA) is 267 Å². The summed E-state index contributed by atoms with van der Waals surface area (Å²) in [6.45, 7) is 4.09. The fourth-order valence-electron chi connectivity index (χ4n) is 10.6. The molecule has 5 saturated carbocycles. The molecule has 0 aromatic carbocycles. The Bertz CT molecular complexity index is 1410. The van der Waals surface area contributed by atoms with E-state index < -0.39 is 102 Å². The molecule has 4 bridgehead atoms. The average Bonchev–Trinajstić information content (AvgIpc) is 3.54. The maximum atomic E-state index is 14.0. The van der Waals surface area contributed by atoms with E-state index in [9.17, 15) is 43.8 Å². The number of carboxylic acid groups (broad SMARTS) is 2. The quantitative estimate of drug-likeness (QED) is 0.0781. The number of urea groups is 1. The molecule has 2 saturated heterocycles. The highest BCUT2D eigenvalue weighted by molar-refractivity contribution is 5.96. The number of aliphatic hydroxyl groups is 1. The Balaban J connectivity index is 1.19. The first-order valence-electron chi connectivity index (χ1n) is 15.7. The van der Waals surface area contributed by atoms with Gasteiger partial charge in [-0.15, -0.1) is 0 Å². The summed E-state index contributed by atoms with van der Waals surface area (Å²) in [5.74, 6) is -5.63. The predicted molar refractivity (Wildman–Crippen MR) is 152 cm³/mol. The van der Waals surface area contributed by atoms with Gasteiger partial charge in [-0.3, -0.25) is 28.9 Å². The number of amides is 6. The molecule has 7 fully saturated rings. The van der Waals surface area contributed by atoms with Crippen LogP contribution < -0.4 is 27.0 Å². The number of nitrogens with zero attached hydrogens (tertiary/aromatic N) is 1. The number of ether oxygens (including phenoxy) is 1. The summed E-state index contributed by atoms with van der Waals surface area (Å²) in [6.07, 6.45) is -0.946. The molecule has 252 valence electrons. The number of primary amides is 1. The molecule has 0 aromatic rings. The predicted octanol–water partition coefficient (Wildman–Crippen LogP) is -1.65. The molecule has 9 N–H and O–H groups in total. The largest absolute Gasteiger partial charge is 0.506 e. The summed E-state index contributed by atoms with van der Waals surface area (Å²) in [6, 6.07) is -4.45. The minimum Gasteiger partial charge on any atom is -0.481 e. The Morgan fingerprint density at radius 2 is 1.65 bits per heavy atom. The van der Waals surface area contributed by atoms with Crippen LogP contribution in [0.25, 0.3) is 0 Å². The number of aliphatic carboxylic acids is 1. The second-order valence-corrected chi connectivity index (χ2v) is 13.8. The van der Waals surface area contributed by atoms with Gasteiger partial charge in [-0.1, -0.05) is 20.3 Å². The number of carbonyl (C=O) groups excluding carboxylic acids is 5. The van der Waals surface area contributed by atoms with Crippen LogP contribution in [0.1, 0.15) is 46.5 Å². The zero-order valence-electron chi connectivity index (χ0n) is 25.6. The van der Waals surface area contributed by atoms with E-state index in [0.717, 1.165) is 6.42 Å². The third-order valence-electron chi connectivity index (χ3n) is 12.1. The molecule has 14 unspecified atom stereocenters. The first kappa shape index (κ1) is 31.8. The summed E-state index contributed by atoms with van der Waals surface area (Å²) in [5.41, 5.74) is 2.52. The molecule has 17 nitrogen and oxygen atoms in total. The molecular formula is C29H40N6O11. The van der Waals surface area contributed by atoms with Crippen LogP contribution in [0.5, 0.6) is 0 Å². The molecule has 2 heterocycles. The molecule has 7 aliphatic rings. The summed E-state index contributed by atoms with van der Waals surface area (Å²) in [7, 11) is 0. The van der Waals surface area contributed by atoms with Crippen molar-refractivity contribution in [2.75, 3.05) is 6.73 Å². The number of aliphatic hydroxyl groups excluding tert-OH is 1. The van der Waals surface area contributed by atoms with Crippen molar-refractivity contribution in [3.05, 3.63) is 0 Å². The van der Waals surface area contributed by atoms with Gasteiger partial charge in [0.1, 0.15) is 30.5 Å². The lowest BCUT2D eigenvalue weighted by Crippen LogP contribution is -2.86. The lowest BCUT2D eigenvalue weighted by Gasteiger charge is -2.66.